The van der Waals surface area contributed by atoms with Gasteiger partial charge in [0.15, 0.2) is 0 Å². The molecule has 0 bridgehead atoms. The lowest BCUT2D eigenvalue weighted by Crippen LogP contribution is -2.24. The number of rotatable bonds is 3. The summed E-state index contributed by atoms with van der Waals surface area (Å²) in [5.41, 5.74) is 1.36. The van der Waals surface area contributed by atoms with Crippen LogP contribution in [0.1, 0.15) is 18.4 Å². The molecule has 1 N–H and O–H groups in total. The summed E-state index contributed by atoms with van der Waals surface area (Å²) >= 11 is 0. The highest BCUT2D eigenvalue weighted by atomic mass is 32.2. The van der Waals surface area contributed by atoms with E-state index in [1.807, 2.05) is 0 Å². The fraction of sp³-hybridized carbons (Fsp3) is 0.417. The largest absolute Gasteiger partial charge is 0.326 e. The molecule has 2 aliphatic rings. The third-order valence-electron chi connectivity index (χ3n) is 3.26. The number of fused-ring (bicyclic) bond motifs is 1. The maximum atomic E-state index is 12.1. The Morgan fingerprint density at radius 2 is 1.95 bits per heavy atom. The highest BCUT2D eigenvalue weighted by molar-refractivity contribution is 7.86. The SMILES string of the molecule is O=C1Cc2cc(S(=O)(=O)ON3CCCC3)ccc2N1. The number of hydrogen-bond donors (Lipinski definition) is 1. The van der Waals surface area contributed by atoms with Gasteiger partial charge in [-0.2, -0.15) is 17.8 Å². The van der Waals surface area contributed by atoms with Gasteiger partial charge >= 0.3 is 10.1 Å². The van der Waals surface area contributed by atoms with Crippen molar-refractivity contribution < 1.29 is 17.5 Å². The number of amides is 1. The van der Waals surface area contributed by atoms with Crippen molar-refractivity contribution in [2.24, 2.45) is 0 Å². The summed E-state index contributed by atoms with van der Waals surface area (Å²) in [6.07, 6.45) is 2.10. The molecule has 1 fully saturated rings. The number of nitrogens with zero attached hydrogens (tertiary/aromatic N) is 1. The van der Waals surface area contributed by atoms with Crippen molar-refractivity contribution >= 4 is 21.7 Å². The lowest BCUT2D eigenvalue weighted by atomic mass is 10.2. The molecule has 1 aromatic rings. The van der Waals surface area contributed by atoms with Crippen LogP contribution in [0.3, 0.4) is 0 Å². The maximum absolute atomic E-state index is 12.1. The van der Waals surface area contributed by atoms with E-state index >= 15 is 0 Å². The summed E-state index contributed by atoms with van der Waals surface area (Å²) in [6.45, 7) is 1.26. The Kier molecular flexibility index (Phi) is 3.04. The number of carbonyl (C=O) groups is 1. The number of nitrogens with one attached hydrogen (secondary N) is 1. The van der Waals surface area contributed by atoms with Crippen LogP contribution < -0.4 is 5.32 Å². The van der Waals surface area contributed by atoms with E-state index in [1.54, 1.807) is 6.07 Å². The van der Waals surface area contributed by atoms with Gasteiger partial charge in [0.05, 0.1) is 11.3 Å². The average molecular weight is 282 g/mol. The van der Waals surface area contributed by atoms with E-state index in [9.17, 15) is 13.2 Å². The summed E-state index contributed by atoms with van der Waals surface area (Å²) in [6, 6.07) is 4.55. The summed E-state index contributed by atoms with van der Waals surface area (Å²) in [4.78, 5) is 11.3. The Morgan fingerprint density at radius 3 is 2.68 bits per heavy atom. The van der Waals surface area contributed by atoms with Gasteiger partial charge in [0.1, 0.15) is 0 Å². The standard InChI is InChI=1S/C12H14N2O4S/c15-12-8-9-7-10(3-4-11(9)13-12)19(16,17)18-14-5-1-2-6-14/h3-4,7H,1-2,5-6,8H2,(H,13,15). The van der Waals surface area contributed by atoms with Gasteiger partial charge in [-0.3, -0.25) is 4.79 Å². The molecule has 1 aromatic carbocycles. The first-order valence-electron chi connectivity index (χ1n) is 6.17. The number of hydroxylamine groups is 2. The predicted octanol–water partition coefficient (Wildman–Crippen LogP) is 0.897. The van der Waals surface area contributed by atoms with Crippen LogP contribution in [0.2, 0.25) is 0 Å². The predicted molar refractivity (Wildman–Crippen MR) is 67.9 cm³/mol. The molecule has 2 aliphatic heterocycles. The van der Waals surface area contributed by atoms with Gasteiger partial charge in [-0.1, -0.05) is 0 Å². The smallest absolute Gasteiger partial charge is 0.313 e. The van der Waals surface area contributed by atoms with Crippen molar-refractivity contribution in [3.05, 3.63) is 23.8 Å². The second-order valence-corrected chi connectivity index (χ2v) is 6.24. The van der Waals surface area contributed by atoms with Crippen LogP contribution in [0, 0.1) is 0 Å². The number of benzene rings is 1. The summed E-state index contributed by atoms with van der Waals surface area (Å²) in [7, 11) is -3.80. The molecule has 0 saturated carbocycles. The minimum Gasteiger partial charge on any atom is -0.326 e. The second kappa shape index (κ2) is 4.59. The topological polar surface area (TPSA) is 75.7 Å². The molecule has 7 heteroatoms. The molecular weight excluding hydrogens is 268 g/mol. The molecule has 2 heterocycles. The van der Waals surface area contributed by atoms with Crippen LogP contribution in [0.15, 0.2) is 23.1 Å². The number of carbonyl (C=O) groups excluding carboxylic acids is 1. The molecule has 1 amide bonds. The van der Waals surface area contributed by atoms with Gasteiger partial charge in [-0.25, -0.2) is 0 Å². The third-order valence-corrected chi connectivity index (χ3v) is 4.50. The van der Waals surface area contributed by atoms with Crippen molar-refractivity contribution in [2.75, 3.05) is 18.4 Å². The van der Waals surface area contributed by atoms with Crippen molar-refractivity contribution in [3.8, 4) is 0 Å². The van der Waals surface area contributed by atoms with Gasteiger partial charge in [0, 0.05) is 18.8 Å². The van der Waals surface area contributed by atoms with Crippen molar-refractivity contribution in [1.82, 2.24) is 5.06 Å². The molecule has 6 nitrogen and oxygen atoms in total. The van der Waals surface area contributed by atoms with E-state index in [1.165, 1.54) is 17.2 Å². The molecule has 0 radical (unpaired) electrons. The zero-order valence-corrected chi connectivity index (χ0v) is 11.1. The third kappa shape index (κ3) is 2.49. The lowest BCUT2D eigenvalue weighted by molar-refractivity contribution is -0.115. The highest BCUT2D eigenvalue weighted by Gasteiger charge is 2.25. The molecule has 0 unspecified atom stereocenters. The molecule has 0 spiro atoms. The summed E-state index contributed by atoms with van der Waals surface area (Å²) < 4.78 is 29.3. The Morgan fingerprint density at radius 1 is 1.21 bits per heavy atom. The van der Waals surface area contributed by atoms with Gasteiger partial charge in [0.25, 0.3) is 0 Å². The Hall–Kier alpha value is -1.44. The monoisotopic (exact) mass is 282 g/mol. The first-order valence-corrected chi connectivity index (χ1v) is 7.58. The van der Waals surface area contributed by atoms with Crippen LogP contribution in [0.4, 0.5) is 5.69 Å². The minimum atomic E-state index is -3.80. The normalized spacial score (nSPS) is 19.5. The van der Waals surface area contributed by atoms with Crippen LogP contribution in [0.5, 0.6) is 0 Å². The van der Waals surface area contributed by atoms with Crippen LogP contribution in [-0.2, 0) is 25.6 Å². The Bertz CT molecular complexity index is 621. The van der Waals surface area contributed by atoms with E-state index in [-0.39, 0.29) is 17.2 Å². The first-order chi connectivity index (χ1) is 9.04. The summed E-state index contributed by atoms with van der Waals surface area (Å²) in [5, 5.41) is 4.13. The average Bonchev–Trinajstić information content (AvgIpc) is 2.95. The fourth-order valence-electron chi connectivity index (χ4n) is 2.31. The van der Waals surface area contributed by atoms with Crippen LogP contribution >= 0.6 is 0 Å². The summed E-state index contributed by atoms with van der Waals surface area (Å²) in [5.74, 6) is -0.120. The van der Waals surface area contributed by atoms with Gasteiger partial charge in [-0.15, -0.1) is 0 Å². The Labute approximate surface area is 111 Å². The highest BCUT2D eigenvalue weighted by Crippen LogP contribution is 2.27. The number of hydrogen-bond acceptors (Lipinski definition) is 5. The van der Waals surface area contributed by atoms with E-state index < -0.39 is 10.1 Å². The van der Waals surface area contributed by atoms with Crippen molar-refractivity contribution in [3.63, 3.8) is 0 Å². The molecule has 19 heavy (non-hydrogen) atoms. The van der Waals surface area contributed by atoms with E-state index in [0.717, 1.165) is 12.8 Å². The van der Waals surface area contributed by atoms with Crippen LogP contribution in [0.25, 0.3) is 0 Å². The minimum absolute atomic E-state index is 0.0923. The fourth-order valence-corrected chi connectivity index (χ4v) is 3.34. The quantitative estimate of drug-likeness (QED) is 0.891. The molecule has 102 valence electrons. The Balaban J connectivity index is 1.85. The molecule has 1 saturated heterocycles. The van der Waals surface area contributed by atoms with Gasteiger partial charge in [-0.05, 0) is 36.6 Å². The molecule has 0 atom stereocenters. The molecular formula is C12H14N2O4S. The van der Waals surface area contributed by atoms with Crippen molar-refractivity contribution in [2.45, 2.75) is 24.2 Å². The molecule has 0 aliphatic carbocycles. The van der Waals surface area contributed by atoms with Crippen LogP contribution in [-0.4, -0.2) is 32.5 Å². The van der Waals surface area contributed by atoms with E-state index in [4.69, 9.17) is 4.28 Å². The van der Waals surface area contributed by atoms with Crippen molar-refractivity contribution in [1.29, 1.82) is 0 Å². The van der Waals surface area contributed by atoms with E-state index in [2.05, 4.69) is 5.32 Å². The number of anilines is 1. The first kappa shape index (κ1) is 12.6. The zero-order chi connectivity index (χ0) is 13.5. The second-order valence-electron chi connectivity index (χ2n) is 4.71. The molecule has 0 aromatic heterocycles. The van der Waals surface area contributed by atoms with Gasteiger partial charge < -0.3 is 5.32 Å². The van der Waals surface area contributed by atoms with E-state index in [0.29, 0.717) is 24.3 Å². The maximum Gasteiger partial charge on any atom is 0.313 e. The lowest BCUT2D eigenvalue weighted by Gasteiger charge is -2.14. The molecule has 3 rings (SSSR count). The van der Waals surface area contributed by atoms with Gasteiger partial charge in [0.2, 0.25) is 5.91 Å². The zero-order valence-electron chi connectivity index (χ0n) is 10.3.